The van der Waals surface area contributed by atoms with Gasteiger partial charge in [-0.15, -0.1) is 0 Å². The van der Waals surface area contributed by atoms with Crippen molar-refractivity contribution >= 4 is 17.6 Å². The number of pyridine rings is 1. The van der Waals surface area contributed by atoms with Gasteiger partial charge in [0.1, 0.15) is 10.8 Å². The zero-order valence-electron chi connectivity index (χ0n) is 9.34. The summed E-state index contributed by atoms with van der Waals surface area (Å²) in [6.07, 6.45) is 3.82. The van der Waals surface area contributed by atoms with E-state index in [9.17, 15) is 0 Å². The number of nitrogens with zero attached hydrogens (tertiary/aromatic N) is 3. The summed E-state index contributed by atoms with van der Waals surface area (Å²) in [6.45, 7) is 2.94. The van der Waals surface area contributed by atoms with Crippen LogP contribution in [0.3, 0.4) is 0 Å². The first kappa shape index (κ1) is 11.0. The highest BCUT2D eigenvalue weighted by atomic mass is 32.2. The molecule has 2 aromatic rings. The third kappa shape index (κ3) is 2.76. The van der Waals surface area contributed by atoms with Crippen molar-refractivity contribution in [2.75, 3.05) is 11.9 Å². The fraction of sp³-hybridized carbons (Fsp3) is 0.273. The number of nitrogens with one attached hydrogen (secondary N) is 1. The van der Waals surface area contributed by atoms with Gasteiger partial charge in [-0.25, -0.2) is 4.98 Å². The van der Waals surface area contributed by atoms with Crippen molar-refractivity contribution in [3.63, 3.8) is 0 Å². The smallest absolute Gasteiger partial charge is 0.127 e. The second-order valence-electron chi connectivity index (χ2n) is 3.34. The maximum atomic E-state index is 4.48. The van der Waals surface area contributed by atoms with E-state index in [2.05, 4.69) is 22.3 Å². The predicted octanol–water partition coefficient (Wildman–Crippen LogP) is 2.40. The molecule has 0 atom stereocenters. The fourth-order valence-electron chi connectivity index (χ4n) is 1.32. The molecular formula is C11H14N4S. The van der Waals surface area contributed by atoms with Crippen molar-refractivity contribution in [3.8, 4) is 0 Å². The van der Waals surface area contributed by atoms with Gasteiger partial charge in [0.25, 0.3) is 0 Å². The third-order valence-corrected chi connectivity index (χ3v) is 2.87. The molecule has 0 aromatic carbocycles. The maximum Gasteiger partial charge on any atom is 0.127 e. The van der Waals surface area contributed by atoms with E-state index < -0.39 is 0 Å². The molecule has 0 aliphatic rings. The van der Waals surface area contributed by atoms with Gasteiger partial charge in [0.2, 0.25) is 0 Å². The summed E-state index contributed by atoms with van der Waals surface area (Å²) in [5.41, 5.74) is 0. The van der Waals surface area contributed by atoms with Gasteiger partial charge in [0.15, 0.2) is 0 Å². The monoisotopic (exact) mass is 234 g/mol. The number of hydrogen-bond acceptors (Lipinski definition) is 4. The van der Waals surface area contributed by atoms with Gasteiger partial charge in [0, 0.05) is 19.8 Å². The van der Waals surface area contributed by atoms with Gasteiger partial charge < -0.3 is 5.32 Å². The molecule has 0 saturated carbocycles. The Hall–Kier alpha value is -1.49. The van der Waals surface area contributed by atoms with E-state index in [0.29, 0.717) is 0 Å². The van der Waals surface area contributed by atoms with Crippen LogP contribution in [0.4, 0.5) is 5.82 Å². The van der Waals surface area contributed by atoms with E-state index in [4.69, 9.17) is 0 Å². The van der Waals surface area contributed by atoms with Crippen LogP contribution in [-0.2, 0) is 7.05 Å². The van der Waals surface area contributed by atoms with Crippen molar-refractivity contribution in [2.24, 2.45) is 7.05 Å². The van der Waals surface area contributed by atoms with Gasteiger partial charge in [-0.1, -0.05) is 17.8 Å². The number of aryl methyl sites for hydroxylation is 1. The fourth-order valence-corrected chi connectivity index (χ4v) is 2.16. The largest absolute Gasteiger partial charge is 0.370 e. The van der Waals surface area contributed by atoms with E-state index in [1.54, 1.807) is 16.4 Å². The van der Waals surface area contributed by atoms with Crippen LogP contribution >= 0.6 is 11.8 Å². The summed E-state index contributed by atoms with van der Waals surface area (Å²) in [6, 6.07) is 5.97. The van der Waals surface area contributed by atoms with E-state index in [1.165, 1.54) is 0 Å². The lowest BCUT2D eigenvalue weighted by molar-refractivity contribution is 0.766. The van der Waals surface area contributed by atoms with Crippen molar-refractivity contribution in [1.29, 1.82) is 0 Å². The Kier molecular flexibility index (Phi) is 3.46. The van der Waals surface area contributed by atoms with Crippen molar-refractivity contribution in [3.05, 3.63) is 30.6 Å². The summed E-state index contributed by atoms with van der Waals surface area (Å²) < 4.78 is 1.79. The van der Waals surface area contributed by atoms with Gasteiger partial charge in [-0.3, -0.25) is 4.68 Å². The maximum absolute atomic E-state index is 4.48. The highest BCUT2D eigenvalue weighted by Gasteiger charge is 2.01. The molecule has 1 N–H and O–H groups in total. The van der Waals surface area contributed by atoms with Crippen LogP contribution in [0.15, 0.2) is 40.5 Å². The minimum absolute atomic E-state index is 0.883. The van der Waals surface area contributed by atoms with Gasteiger partial charge in [-0.05, 0) is 19.1 Å². The first-order valence-electron chi connectivity index (χ1n) is 5.15. The lowest BCUT2D eigenvalue weighted by Gasteiger charge is -2.03. The minimum atomic E-state index is 0.883. The lowest BCUT2D eigenvalue weighted by Crippen LogP contribution is -1.98. The van der Waals surface area contributed by atoms with Crippen LogP contribution in [0.25, 0.3) is 0 Å². The number of rotatable bonds is 4. The molecule has 4 nitrogen and oxygen atoms in total. The van der Waals surface area contributed by atoms with Crippen LogP contribution in [0.2, 0.25) is 0 Å². The van der Waals surface area contributed by atoms with Gasteiger partial charge >= 0.3 is 0 Å². The van der Waals surface area contributed by atoms with Crippen LogP contribution in [0, 0.1) is 0 Å². The molecule has 0 amide bonds. The molecule has 5 heteroatoms. The standard InChI is InChI=1S/C11H14N4S/c1-3-12-10-5-4-6-11(14-10)16-9-7-13-15(2)8-9/h4-8H,3H2,1-2H3,(H,12,14). The van der Waals surface area contributed by atoms with Crippen LogP contribution in [0.5, 0.6) is 0 Å². The van der Waals surface area contributed by atoms with Crippen molar-refractivity contribution < 1.29 is 0 Å². The first-order valence-corrected chi connectivity index (χ1v) is 5.97. The zero-order chi connectivity index (χ0) is 11.4. The van der Waals surface area contributed by atoms with Crippen LogP contribution in [-0.4, -0.2) is 21.3 Å². The molecular weight excluding hydrogens is 220 g/mol. The molecule has 0 fully saturated rings. The number of aromatic nitrogens is 3. The SMILES string of the molecule is CCNc1cccc(Sc2cnn(C)c2)n1. The average Bonchev–Trinajstić information content (AvgIpc) is 2.65. The zero-order valence-corrected chi connectivity index (χ0v) is 10.2. The molecule has 16 heavy (non-hydrogen) atoms. The minimum Gasteiger partial charge on any atom is -0.370 e. The summed E-state index contributed by atoms with van der Waals surface area (Å²) in [4.78, 5) is 5.58. The molecule has 0 aliphatic heterocycles. The second-order valence-corrected chi connectivity index (χ2v) is 4.44. The average molecular weight is 234 g/mol. The Morgan fingerprint density at radius 2 is 2.31 bits per heavy atom. The molecule has 0 spiro atoms. The molecule has 0 radical (unpaired) electrons. The van der Waals surface area contributed by atoms with E-state index in [-0.39, 0.29) is 0 Å². The van der Waals surface area contributed by atoms with Gasteiger partial charge in [0.05, 0.1) is 11.1 Å². The summed E-state index contributed by atoms with van der Waals surface area (Å²) in [5.74, 6) is 0.913. The van der Waals surface area contributed by atoms with Crippen molar-refractivity contribution in [1.82, 2.24) is 14.8 Å². The van der Waals surface area contributed by atoms with E-state index in [1.807, 2.05) is 37.6 Å². The summed E-state index contributed by atoms with van der Waals surface area (Å²) in [7, 11) is 1.91. The highest BCUT2D eigenvalue weighted by molar-refractivity contribution is 7.99. The molecule has 0 aliphatic carbocycles. The molecule has 2 heterocycles. The second kappa shape index (κ2) is 5.03. The Labute approximate surface area is 99.1 Å². The predicted molar refractivity (Wildman–Crippen MR) is 65.7 cm³/mol. The normalized spacial score (nSPS) is 10.4. The van der Waals surface area contributed by atoms with Crippen molar-refractivity contribution in [2.45, 2.75) is 16.8 Å². The van der Waals surface area contributed by atoms with Crippen LogP contribution in [0.1, 0.15) is 6.92 Å². The molecule has 2 rings (SSSR count). The molecule has 0 unspecified atom stereocenters. The molecule has 2 aromatic heterocycles. The molecule has 0 saturated heterocycles. The quantitative estimate of drug-likeness (QED) is 0.882. The van der Waals surface area contributed by atoms with Gasteiger partial charge in [-0.2, -0.15) is 5.10 Å². The Morgan fingerprint density at radius 1 is 1.44 bits per heavy atom. The molecule has 0 bridgehead atoms. The number of hydrogen-bond donors (Lipinski definition) is 1. The highest BCUT2D eigenvalue weighted by Crippen LogP contribution is 2.25. The van der Waals surface area contributed by atoms with E-state index >= 15 is 0 Å². The molecule has 84 valence electrons. The Morgan fingerprint density at radius 3 is 3.00 bits per heavy atom. The van der Waals surface area contributed by atoms with E-state index in [0.717, 1.165) is 22.3 Å². The summed E-state index contributed by atoms with van der Waals surface area (Å²) in [5, 5.41) is 8.30. The Bertz CT molecular complexity index is 467. The number of anilines is 1. The lowest BCUT2D eigenvalue weighted by atomic mass is 10.4. The third-order valence-electron chi connectivity index (χ3n) is 1.99. The topological polar surface area (TPSA) is 42.7 Å². The first-order chi connectivity index (χ1) is 7.78. The van der Waals surface area contributed by atoms with Crippen LogP contribution < -0.4 is 5.32 Å². The Balaban J connectivity index is 2.12. The summed E-state index contributed by atoms with van der Waals surface area (Å²) >= 11 is 1.61.